The molecule has 1 aliphatic rings. The molecule has 0 bridgehead atoms. The molecule has 3 aromatic heterocycles. The quantitative estimate of drug-likeness (QED) is 0.274. The van der Waals surface area contributed by atoms with E-state index in [1.165, 1.54) is 4.57 Å². The van der Waals surface area contributed by atoms with E-state index in [1.807, 2.05) is 4.90 Å². The van der Waals surface area contributed by atoms with Gasteiger partial charge < -0.3 is 24.6 Å². The number of aromatic nitrogens is 5. The lowest BCUT2D eigenvalue weighted by atomic mass is 10.2. The molecular formula is C28H30F2N8O3. The van der Waals surface area contributed by atoms with Crippen molar-refractivity contribution in [2.45, 2.75) is 32.4 Å². The Bertz CT molecular complexity index is 1490. The zero-order chi connectivity index (χ0) is 28.8. The van der Waals surface area contributed by atoms with Crippen molar-refractivity contribution in [1.82, 2.24) is 29.4 Å². The Morgan fingerprint density at radius 3 is 2.56 bits per heavy atom. The molecule has 11 nitrogen and oxygen atoms in total. The number of amides is 1. The number of nitrogens with zero attached hydrogens (tertiary/aromatic N) is 7. The van der Waals surface area contributed by atoms with Gasteiger partial charge in [0.15, 0.2) is 5.82 Å². The molecule has 0 saturated carbocycles. The SMILES string of the molecule is C[C@H](Nc1nc(N2CCOCC2)cc(-n2c(C(F)F)nc3ccccc32)n1)C(=O)N(CCC=O)Cc1ccncc1. The van der Waals surface area contributed by atoms with Gasteiger partial charge in [-0.1, -0.05) is 12.1 Å². The second kappa shape index (κ2) is 12.8. The van der Waals surface area contributed by atoms with Crippen LogP contribution in [0.3, 0.4) is 0 Å². The van der Waals surface area contributed by atoms with Crippen molar-refractivity contribution < 1.29 is 23.1 Å². The molecule has 4 heterocycles. The Labute approximate surface area is 235 Å². The van der Waals surface area contributed by atoms with Gasteiger partial charge in [-0.3, -0.25) is 14.3 Å². The number of alkyl halides is 2. The number of fused-ring (bicyclic) bond motifs is 1. The van der Waals surface area contributed by atoms with Gasteiger partial charge in [0.05, 0.1) is 24.2 Å². The standard InChI is InChI=1S/C28H30F2N8O3/c1-19(27(40)37(11-4-14-39)18-20-7-9-31-10-8-20)32-28-34-23(36-12-15-41-16-13-36)17-24(35-28)38-22-6-3-2-5-21(22)33-26(38)25(29)30/h2-3,5-10,14,17,19,25H,4,11-13,15-16,18H2,1H3,(H,32,34,35)/t19-/m0/s1. The lowest BCUT2D eigenvalue weighted by Gasteiger charge is -2.29. The van der Waals surface area contributed by atoms with Crippen LogP contribution in [0, 0.1) is 0 Å². The molecule has 1 amide bonds. The van der Waals surface area contributed by atoms with Gasteiger partial charge in [-0.25, -0.2) is 13.8 Å². The zero-order valence-electron chi connectivity index (χ0n) is 22.5. The van der Waals surface area contributed by atoms with Gasteiger partial charge in [0.1, 0.15) is 24.0 Å². The zero-order valence-corrected chi connectivity index (χ0v) is 22.5. The summed E-state index contributed by atoms with van der Waals surface area (Å²) in [6, 6.07) is 11.3. The van der Waals surface area contributed by atoms with E-state index in [4.69, 9.17) is 4.74 Å². The van der Waals surface area contributed by atoms with Crippen LogP contribution in [0.2, 0.25) is 0 Å². The molecule has 13 heteroatoms. The third kappa shape index (κ3) is 6.46. The summed E-state index contributed by atoms with van der Waals surface area (Å²) in [4.78, 5) is 45.5. The summed E-state index contributed by atoms with van der Waals surface area (Å²) in [6.07, 6.45) is 1.38. The highest BCUT2D eigenvalue weighted by Gasteiger charge is 2.25. The lowest BCUT2D eigenvalue weighted by Crippen LogP contribution is -2.42. The Morgan fingerprint density at radius 2 is 1.83 bits per heavy atom. The molecular weight excluding hydrogens is 534 g/mol. The maximum absolute atomic E-state index is 14.1. The first-order chi connectivity index (χ1) is 19.9. The molecule has 4 aromatic rings. The Morgan fingerprint density at radius 1 is 1.10 bits per heavy atom. The second-order valence-corrected chi connectivity index (χ2v) is 9.54. The summed E-state index contributed by atoms with van der Waals surface area (Å²) in [5.74, 6) is 0.0922. The first-order valence-corrected chi connectivity index (χ1v) is 13.3. The number of ether oxygens (including phenoxy) is 1. The summed E-state index contributed by atoms with van der Waals surface area (Å²) in [5, 5.41) is 3.07. The Kier molecular flexibility index (Phi) is 8.73. The molecule has 1 atom stereocenters. The molecule has 214 valence electrons. The fourth-order valence-corrected chi connectivity index (χ4v) is 4.70. The fourth-order valence-electron chi connectivity index (χ4n) is 4.70. The number of morpholine rings is 1. The van der Waals surface area contributed by atoms with Crippen molar-refractivity contribution in [3.8, 4) is 5.82 Å². The molecule has 5 rings (SSSR count). The number of aldehydes is 1. The number of para-hydroxylation sites is 2. The average molecular weight is 565 g/mol. The van der Waals surface area contributed by atoms with Crippen molar-refractivity contribution >= 4 is 35.0 Å². The van der Waals surface area contributed by atoms with E-state index in [1.54, 1.807) is 66.7 Å². The van der Waals surface area contributed by atoms with Crippen LogP contribution in [0.25, 0.3) is 16.9 Å². The summed E-state index contributed by atoms with van der Waals surface area (Å²) in [6.45, 7) is 4.30. The summed E-state index contributed by atoms with van der Waals surface area (Å²) >= 11 is 0. The van der Waals surface area contributed by atoms with Crippen LogP contribution in [0.15, 0.2) is 54.9 Å². The molecule has 0 aliphatic carbocycles. The minimum Gasteiger partial charge on any atom is -0.378 e. The van der Waals surface area contributed by atoms with Gasteiger partial charge >= 0.3 is 0 Å². The minimum atomic E-state index is -2.85. The molecule has 1 N–H and O–H groups in total. The van der Waals surface area contributed by atoms with Gasteiger partial charge in [-0.2, -0.15) is 9.97 Å². The number of rotatable bonds is 11. The summed E-state index contributed by atoms with van der Waals surface area (Å²) in [7, 11) is 0. The van der Waals surface area contributed by atoms with Gasteiger partial charge in [0.2, 0.25) is 11.9 Å². The van der Waals surface area contributed by atoms with Crippen LogP contribution in [-0.2, 0) is 20.9 Å². The fraction of sp³-hybridized carbons (Fsp3) is 0.357. The first-order valence-electron chi connectivity index (χ1n) is 13.3. The second-order valence-electron chi connectivity index (χ2n) is 9.54. The largest absolute Gasteiger partial charge is 0.378 e. The molecule has 41 heavy (non-hydrogen) atoms. The molecule has 1 saturated heterocycles. The van der Waals surface area contributed by atoms with Crippen molar-refractivity contribution in [2.75, 3.05) is 43.1 Å². The van der Waals surface area contributed by atoms with Gasteiger partial charge in [-0.15, -0.1) is 0 Å². The van der Waals surface area contributed by atoms with Crippen LogP contribution in [-0.4, -0.2) is 80.5 Å². The van der Waals surface area contributed by atoms with Gasteiger partial charge in [0, 0.05) is 51.1 Å². The van der Waals surface area contributed by atoms with E-state index >= 15 is 0 Å². The van der Waals surface area contributed by atoms with E-state index in [2.05, 4.69) is 25.3 Å². The average Bonchev–Trinajstić information content (AvgIpc) is 3.40. The molecule has 0 radical (unpaired) electrons. The summed E-state index contributed by atoms with van der Waals surface area (Å²) < 4.78 is 35.1. The third-order valence-corrected chi connectivity index (χ3v) is 6.71. The predicted molar refractivity (Wildman–Crippen MR) is 148 cm³/mol. The van der Waals surface area contributed by atoms with Crippen molar-refractivity contribution in [3.63, 3.8) is 0 Å². The Hall–Kier alpha value is -4.52. The lowest BCUT2D eigenvalue weighted by molar-refractivity contribution is -0.132. The van der Waals surface area contributed by atoms with E-state index in [0.717, 1.165) is 11.8 Å². The monoisotopic (exact) mass is 564 g/mol. The molecule has 1 aliphatic heterocycles. The number of anilines is 2. The van der Waals surface area contributed by atoms with Crippen LogP contribution < -0.4 is 10.2 Å². The number of pyridine rings is 1. The van der Waals surface area contributed by atoms with Crippen molar-refractivity contribution in [1.29, 1.82) is 0 Å². The van der Waals surface area contributed by atoms with Crippen LogP contribution >= 0.6 is 0 Å². The van der Waals surface area contributed by atoms with E-state index in [-0.39, 0.29) is 30.6 Å². The molecule has 1 aromatic carbocycles. The smallest absolute Gasteiger partial charge is 0.296 e. The maximum atomic E-state index is 14.1. The number of nitrogens with one attached hydrogen (secondary N) is 1. The molecule has 0 unspecified atom stereocenters. The number of halogens is 2. The van der Waals surface area contributed by atoms with Crippen molar-refractivity contribution in [3.05, 3.63) is 66.2 Å². The maximum Gasteiger partial charge on any atom is 0.296 e. The highest BCUT2D eigenvalue weighted by molar-refractivity contribution is 5.84. The van der Waals surface area contributed by atoms with Crippen LogP contribution in [0.1, 0.15) is 31.2 Å². The van der Waals surface area contributed by atoms with E-state index in [0.29, 0.717) is 49.7 Å². The van der Waals surface area contributed by atoms with Crippen LogP contribution in [0.4, 0.5) is 20.5 Å². The Balaban J connectivity index is 1.50. The highest BCUT2D eigenvalue weighted by Crippen LogP contribution is 2.29. The third-order valence-electron chi connectivity index (χ3n) is 6.71. The number of carbonyl (C=O) groups is 2. The number of hydrogen-bond acceptors (Lipinski definition) is 9. The minimum absolute atomic E-state index is 0.0992. The van der Waals surface area contributed by atoms with E-state index in [9.17, 15) is 18.4 Å². The molecule has 0 spiro atoms. The molecule has 1 fully saturated rings. The predicted octanol–water partition coefficient (Wildman–Crippen LogP) is 3.40. The first kappa shape index (κ1) is 28.0. The topological polar surface area (TPSA) is 118 Å². The number of carbonyl (C=O) groups excluding carboxylic acids is 2. The van der Waals surface area contributed by atoms with Crippen LogP contribution in [0.5, 0.6) is 0 Å². The normalized spacial score (nSPS) is 14.3. The van der Waals surface area contributed by atoms with Gasteiger partial charge in [0.25, 0.3) is 6.43 Å². The number of hydrogen-bond donors (Lipinski definition) is 1. The summed E-state index contributed by atoms with van der Waals surface area (Å²) in [5.41, 5.74) is 1.75. The van der Waals surface area contributed by atoms with E-state index < -0.39 is 18.3 Å². The number of imidazole rings is 1. The van der Waals surface area contributed by atoms with Gasteiger partial charge in [-0.05, 0) is 36.8 Å². The number of benzene rings is 1. The highest BCUT2D eigenvalue weighted by atomic mass is 19.3. The van der Waals surface area contributed by atoms with Crippen molar-refractivity contribution in [2.24, 2.45) is 0 Å².